The molecule has 0 spiro atoms. The summed E-state index contributed by atoms with van der Waals surface area (Å²) in [6.07, 6.45) is 0. The van der Waals surface area contributed by atoms with Crippen molar-refractivity contribution in [1.29, 1.82) is 5.26 Å². The highest BCUT2D eigenvalue weighted by Crippen LogP contribution is 2.39. The van der Waals surface area contributed by atoms with Crippen molar-refractivity contribution in [3.8, 4) is 23.3 Å². The monoisotopic (exact) mass is 563 g/mol. The van der Waals surface area contributed by atoms with Crippen molar-refractivity contribution in [2.45, 2.75) is 32.7 Å². The van der Waals surface area contributed by atoms with Gasteiger partial charge in [0.15, 0.2) is 11.5 Å². The van der Waals surface area contributed by atoms with Crippen LogP contribution < -0.4 is 19.1 Å². The van der Waals surface area contributed by atoms with Gasteiger partial charge in [-0.25, -0.2) is 4.79 Å². The number of benzene rings is 4. The predicted molar refractivity (Wildman–Crippen MR) is 161 cm³/mol. The van der Waals surface area contributed by atoms with Crippen molar-refractivity contribution in [2.75, 3.05) is 31.8 Å². The molecule has 0 saturated carbocycles. The SMILES string of the molecule is CCOc1ccc(C2CN(C(=O)C(C)c3ccc4cc(OC)ccc4c3)C(=O)N2c2ccc(C#N)cc2)cc1OCC. The summed E-state index contributed by atoms with van der Waals surface area (Å²) in [5.74, 6) is 1.12. The highest BCUT2D eigenvalue weighted by atomic mass is 16.5. The molecular formula is C34H33N3O5. The van der Waals surface area contributed by atoms with E-state index in [2.05, 4.69) is 6.07 Å². The number of ether oxygens (including phenoxy) is 3. The maximum atomic E-state index is 14.0. The van der Waals surface area contributed by atoms with Gasteiger partial charge in [0.2, 0.25) is 5.91 Å². The Kier molecular flexibility index (Phi) is 8.30. The molecule has 8 heteroatoms. The minimum absolute atomic E-state index is 0.159. The number of rotatable bonds is 9. The fourth-order valence-electron chi connectivity index (χ4n) is 5.31. The minimum atomic E-state index is -0.554. The van der Waals surface area contributed by atoms with E-state index in [1.54, 1.807) is 36.3 Å². The number of carbonyl (C=O) groups is 2. The van der Waals surface area contributed by atoms with E-state index in [0.29, 0.717) is 36.0 Å². The second kappa shape index (κ2) is 12.2. The first-order chi connectivity index (χ1) is 20.4. The molecule has 42 heavy (non-hydrogen) atoms. The van der Waals surface area contributed by atoms with E-state index >= 15 is 0 Å². The molecular weight excluding hydrogens is 530 g/mol. The molecule has 4 aromatic rings. The van der Waals surface area contributed by atoms with E-state index in [0.717, 1.165) is 27.6 Å². The summed E-state index contributed by atoms with van der Waals surface area (Å²) >= 11 is 0. The molecule has 1 heterocycles. The Bertz CT molecular complexity index is 1660. The Hall–Kier alpha value is -5.03. The fraction of sp³-hybridized carbons (Fsp3) is 0.265. The standard InChI is InChI=1S/C34H33N3O5/c1-5-41-31-16-12-27(19-32(31)42-6-2)30-21-36(34(39)37(30)28-13-7-23(20-35)8-14-28)33(38)22(3)24-9-10-26-18-29(40-4)15-11-25(26)17-24/h7-19,22,30H,5-6,21H2,1-4H3. The largest absolute Gasteiger partial charge is 0.497 e. The zero-order chi connectivity index (χ0) is 29.8. The van der Waals surface area contributed by atoms with E-state index in [-0.39, 0.29) is 12.5 Å². The molecule has 5 rings (SSSR count). The molecule has 8 nitrogen and oxygen atoms in total. The van der Waals surface area contributed by atoms with Crippen molar-refractivity contribution < 1.29 is 23.8 Å². The van der Waals surface area contributed by atoms with Gasteiger partial charge < -0.3 is 14.2 Å². The normalized spacial score (nSPS) is 15.4. The molecule has 214 valence electrons. The van der Waals surface area contributed by atoms with Gasteiger partial charge in [-0.05, 0) is 91.2 Å². The van der Waals surface area contributed by atoms with Crippen molar-refractivity contribution in [3.05, 3.63) is 95.6 Å². The molecule has 1 fully saturated rings. The van der Waals surface area contributed by atoms with Crippen LogP contribution in [0.4, 0.5) is 10.5 Å². The third-order valence-corrected chi connectivity index (χ3v) is 7.54. The molecule has 0 N–H and O–H groups in total. The Morgan fingerprint density at radius 3 is 2.31 bits per heavy atom. The first kappa shape index (κ1) is 28.5. The zero-order valence-corrected chi connectivity index (χ0v) is 24.2. The van der Waals surface area contributed by atoms with Gasteiger partial charge in [0.05, 0.1) is 50.5 Å². The van der Waals surface area contributed by atoms with Crippen LogP contribution in [-0.4, -0.2) is 43.7 Å². The lowest BCUT2D eigenvalue weighted by Gasteiger charge is -2.24. The predicted octanol–water partition coefficient (Wildman–Crippen LogP) is 6.83. The van der Waals surface area contributed by atoms with Crippen LogP contribution in [0.25, 0.3) is 10.8 Å². The Morgan fingerprint density at radius 2 is 1.62 bits per heavy atom. The first-order valence-electron chi connectivity index (χ1n) is 14.0. The second-order valence-electron chi connectivity index (χ2n) is 10.0. The fourth-order valence-corrected chi connectivity index (χ4v) is 5.31. The highest BCUT2D eigenvalue weighted by molar-refractivity contribution is 6.07. The average molecular weight is 564 g/mol. The number of methoxy groups -OCH3 is 1. The smallest absolute Gasteiger partial charge is 0.331 e. The second-order valence-corrected chi connectivity index (χ2v) is 10.0. The number of hydrogen-bond donors (Lipinski definition) is 0. The number of carbonyl (C=O) groups excluding carboxylic acids is 2. The molecule has 2 unspecified atom stereocenters. The Balaban J connectivity index is 1.50. The van der Waals surface area contributed by atoms with E-state index in [9.17, 15) is 14.9 Å². The van der Waals surface area contributed by atoms with Crippen LogP contribution in [0.1, 0.15) is 49.4 Å². The van der Waals surface area contributed by atoms with Gasteiger partial charge in [-0.3, -0.25) is 14.6 Å². The Labute approximate surface area is 245 Å². The lowest BCUT2D eigenvalue weighted by molar-refractivity contribution is -0.128. The van der Waals surface area contributed by atoms with Crippen LogP contribution in [0.2, 0.25) is 0 Å². The van der Waals surface area contributed by atoms with E-state index in [1.165, 1.54) is 4.90 Å². The van der Waals surface area contributed by atoms with E-state index < -0.39 is 18.0 Å². The van der Waals surface area contributed by atoms with Crippen molar-refractivity contribution in [3.63, 3.8) is 0 Å². The van der Waals surface area contributed by atoms with Crippen molar-refractivity contribution in [1.82, 2.24) is 4.90 Å². The lowest BCUT2D eigenvalue weighted by Crippen LogP contribution is -2.38. The third kappa shape index (κ3) is 5.46. The molecule has 1 aliphatic heterocycles. The summed E-state index contributed by atoms with van der Waals surface area (Å²) in [4.78, 5) is 30.8. The average Bonchev–Trinajstić information content (AvgIpc) is 3.37. The van der Waals surface area contributed by atoms with Gasteiger partial charge in [0.25, 0.3) is 0 Å². The topological polar surface area (TPSA) is 92.1 Å². The number of imide groups is 1. The van der Waals surface area contributed by atoms with Crippen LogP contribution in [0, 0.1) is 11.3 Å². The minimum Gasteiger partial charge on any atom is -0.497 e. The number of hydrogen-bond acceptors (Lipinski definition) is 6. The summed E-state index contributed by atoms with van der Waals surface area (Å²) in [5.41, 5.74) is 2.70. The van der Waals surface area contributed by atoms with Crippen LogP contribution in [-0.2, 0) is 4.79 Å². The molecule has 3 amide bonds. The zero-order valence-electron chi connectivity index (χ0n) is 24.2. The summed E-state index contributed by atoms with van der Waals surface area (Å²) < 4.78 is 16.9. The summed E-state index contributed by atoms with van der Waals surface area (Å²) in [5, 5.41) is 11.3. The summed E-state index contributed by atoms with van der Waals surface area (Å²) in [6.45, 7) is 6.73. The molecule has 2 atom stereocenters. The number of nitrogens with zero attached hydrogens (tertiary/aromatic N) is 3. The maximum Gasteiger partial charge on any atom is 0.331 e. The van der Waals surface area contributed by atoms with Crippen molar-refractivity contribution >= 4 is 28.4 Å². The number of nitriles is 1. The lowest BCUT2D eigenvalue weighted by atomic mass is 9.96. The molecule has 0 aromatic heterocycles. The summed E-state index contributed by atoms with van der Waals surface area (Å²) in [6, 6.07) is 25.3. The maximum absolute atomic E-state index is 14.0. The van der Waals surface area contributed by atoms with Gasteiger partial charge in [0.1, 0.15) is 5.75 Å². The van der Waals surface area contributed by atoms with Gasteiger partial charge in [-0.1, -0.05) is 30.3 Å². The van der Waals surface area contributed by atoms with Crippen LogP contribution >= 0.6 is 0 Å². The van der Waals surface area contributed by atoms with E-state index in [4.69, 9.17) is 14.2 Å². The first-order valence-corrected chi connectivity index (χ1v) is 14.0. The Morgan fingerprint density at radius 1 is 0.929 bits per heavy atom. The van der Waals surface area contributed by atoms with Gasteiger partial charge in [-0.2, -0.15) is 5.26 Å². The molecule has 1 aliphatic rings. The number of anilines is 1. The molecule has 0 radical (unpaired) electrons. The van der Waals surface area contributed by atoms with Crippen LogP contribution in [0.3, 0.4) is 0 Å². The van der Waals surface area contributed by atoms with Gasteiger partial charge in [0, 0.05) is 5.69 Å². The molecule has 4 aromatic carbocycles. The van der Waals surface area contributed by atoms with Crippen LogP contribution in [0.15, 0.2) is 78.9 Å². The quantitative estimate of drug-likeness (QED) is 0.222. The van der Waals surface area contributed by atoms with E-state index in [1.807, 2.05) is 75.4 Å². The number of fused-ring (bicyclic) bond motifs is 1. The van der Waals surface area contributed by atoms with Gasteiger partial charge >= 0.3 is 6.03 Å². The number of amides is 3. The third-order valence-electron chi connectivity index (χ3n) is 7.54. The molecule has 1 saturated heterocycles. The number of urea groups is 1. The van der Waals surface area contributed by atoms with Crippen molar-refractivity contribution in [2.24, 2.45) is 0 Å². The highest BCUT2D eigenvalue weighted by Gasteiger charge is 2.43. The van der Waals surface area contributed by atoms with Gasteiger partial charge in [-0.15, -0.1) is 0 Å². The summed E-state index contributed by atoms with van der Waals surface area (Å²) in [7, 11) is 1.63. The molecule has 0 aliphatic carbocycles. The molecule has 0 bridgehead atoms. The van der Waals surface area contributed by atoms with Crippen LogP contribution in [0.5, 0.6) is 17.2 Å².